The highest BCUT2D eigenvalue weighted by molar-refractivity contribution is 5.98. The summed E-state index contributed by atoms with van der Waals surface area (Å²) < 4.78 is 5.28. The van der Waals surface area contributed by atoms with Gasteiger partial charge in [-0.1, -0.05) is 51.0 Å². The molecule has 0 unspecified atom stereocenters. The summed E-state index contributed by atoms with van der Waals surface area (Å²) >= 11 is 0. The summed E-state index contributed by atoms with van der Waals surface area (Å²) in [7, 11) is 0. The summed E-state index contributed by atoms with van der Waals surface area (Å²) in [5.41, 5.74) is 1.09. The van der Waals surface area contributed by atoms with Gasteiger partial charge in [-0.15, -0.1) is 0 Å². The number of unbranched alkanes of at least 4 members (excludes halogenated alkanes) is 6. The molecule has 1 fully saturated rings. The Bertz CT molecular complexity index is 394. The van der Waals surface area contributed by atoms with E-state index >= 15 is 0 Å². The van der Waals surface area contributed by atoms with Gasteiger partial charge in [0.2, 0.25) is 0 Å². The molecule has 0 saturated carbocycles. The summed E-state index contributed by atoms with van der Waals surface area (Å²) in [6, 6.07) is 0. The average molecular weight is 296 g/mol. The van der Waals surface area contributed by atoms with E-state index < -0.39 is 24.0 Å². The topological polar surface area (TPSA) is 63.6 Å². The fourth-order valence-electron chi connectivity index (χ4n) is 2.91. The van der Waals surface area contributed by atoms with Gasteiger partial charge in [0.15, 0.2) is 0 Å². The Morgan fingerprint density at radius 1 is 1.10 bits per heavy atom. The molecule has 0 radical (unpaired) electrons. The number of carbonyl (C=O) groups excluding carboxylic acids is 1. The quantitative estimate of drug-likeness (QED) is 0.395. The van der Waals surface area contributed by atoms with Crippen LogP contribution in [0.2, 0.25) is 0 Å². The van der Waals surface area contributed by atoms with Crippen molar-refractivity contribution < 1.29 is 19.4 Å². The largest absolute Gasteiger partial charge is 0.481 e. The second-order valence-electron chi connectivity index (χ2n) is 6.08. The van der Waals surface area contributed by atoms with E-state index in [1.165, 1.54) is 32.1 Å². The number of cyclic esters (lactones) is 1. The lowest BCUT2D eigenvalue weighted by Crippen LogP contribution is -2.25. The zero-order valence-electron chi connectivity index (χ0n) is 13.5. The van der Waals surface area contributed by atoms with E-state index in [9.17, 15) is 14.7 Å². The highest BCUT2D eigenvalue weighted by Crippen LogP contribution is 2.33. The van der Waals surface area contributed by atoms with Crippen LogP contribution in [0.25, 0.3) is 0 Å². The highest BCUT2D eigenvalue weighted by atomic mass is 16.6. The molecular formula is C17H28O4. The maximum absolute atomic E-state index is 11.8. The second-order valence-corrected chi connectivity index (χ2v) is 6.08. The Hall–Kier alpha value is -1.32. The minimum Gasteiger partial charge on any atom is -0.481 e. The molecule has 1 saturated heterocycles. The minimum atomic E-state index is -0.954. The number of allylic oxidation sites excluding steroid dienone is 1. The van der Waals surface area contributed by atoms with Crippen LogP contribution in [0.1, 0.15) is 72.1 Å². The van der Waals surface area contributed by atoms with Crippen molar-refractivity contribution in [2.75, 3.05) is 0 Å². The van der Waals surface area contributed by atoms with E-state index in [-0.39, 0.29) is 0 Å². The normalized spacial score (nSPS) is 21.5. The first kappa shape index (κ1) is 17.7. The lowest BCUT2D eigenvalue weighted by Gasteiger charge is -2.14. The molecule has 4 heteroatoms. The molecule has 4 nitrogen and oxygen atoms in total. The maximum atomic E-state index is 11.8. The van der Waals surface area contributed by atoms with Gasteiger partial charge < -0.3 is 9.84 Å². The van der Waals surface area contributed by atoms with Gasteiger partial charge >= 0.3 is 11.9 Å². The first-order valence-corrected chi connectivity index (χ1v) is 8.10. The molecular weight excluding hydrogens is 268 g/mol. The Kier molecular flexibility index (Phi) is 7.48. The second kappa shape index (κ2) is 8.85. The van der Waals surface area contributed by atoms with Crippen molar-refractivity contribution in [3.8, 4) is 0 Å². The molecule has 0 aromatic heterocycles. The molecule has 2 atom stereocenters. The highest BCUT2D eigenvalue weighted by Gasteiger charge is 2.44. The predicted octanol–water partition coefficient (Wildman–Crippen LogP) is 4.09. The third-order valence-electron chi connectivity index (χ3n) is 4.06. The molecule has 120 valence electrons. The molecule has 1 N–H and O–H groups in total. The van der Waals surface area contributed by atoms with Gasteiger partial charge in [-0.2, -0.15) is 0 Å². The number of ether oxygens (including phenoxy) is 1. The molecule has 0 spiro atoms. The standard InChI is InChI=1S/C17H28O4/c1-4-5-6-7-8-9-10-11-13-15(16(18)19)14(12(2)3)17(20)21-13/h13,15H,4-11H2,1-3H3,(H,18,19)/t13-,15-/m1/s1. The van der Waals surface area contributed by atoms with E-state index in [0.29, 0.717) is 12.0 Å². The van der Waals surface area contributed by atoms with Crippen molar-refractivity contribution in [3.63, 3.8) is 0 Å². The molecule has 0 aromatic carbocycles. The van der Waals surface area contributed by atoms with Crippen LogP contribution in [0.15, 0.2) is 11.1 Å². The molecule has 0 amide bonds. The van der Waals surface area contributed by atoms with Crippen LogP contribution >= 0.6 is 0 Å². The van der Waals surface area contributed by atoms with Crippen molar-refractivity contribution in [1.29, 1.82) is 0 Å². The molecule has 21 heavy (non-hydrogen) atoms. The van der Waals surface area contributed by atoms with Crippen LogP contribution in [0.3, 0.4) is 0 Å². The lowest BCUT2D eigenvalue weighted by atomic mass is 9.90. The summed E-state index contributed by atoms with van der Waals surface area (Å²) in [5.74, 6) is -2.19. The number of esters is 1. The third kappa shape index (κ3) is 5.18. The fraction of sp³-hybridized carbons (Fsp3) is 0.765. The van der Waals surface area contributed by atoms with Crippen molar-refractivity contribution in [3.05, 3.63) is 11.1 Å². The molecule has 1 rings (SSSR count). The number of carbonyl (C=O) groups is 2. The number of aliphatic carboxylic acids is 1. The Labute approximate surface area is 127 Å². The van der Waals surface area contributed by atoms with Crippen LogP contribution in [0, 0.1) is 5.92 Å². The Morgan fingerprint density at radius 3 is 2.19 bits per heavy atom. The zero-order valence-corrected chi connectivity index (χ0v) is 13.5. The average Bonchev–Trinajstić information content (AvgIpc) is 2.74. The van der Waals surface area contributed by atoms with E-state index in [1.807, 2.05) is 0 Å². The van der Waals surface area contributed by atoms with Gasteiger partial charge in [0, 0.05) is 0 Å². The predicted molar refractivity (Wildman–Crippen MR) is 82.0 cm³/mol. The van der Waals surface area contributed by atoms with Crippen molar-refractivity contribution in [2.24, 2.45) is 5.92 Å². The van der Waals surface area contributed by atoms with Crippen molar-refractivity contribution >= 4 is 11.9 Å². The first-order valence-electron chi connectivity index (χ1n) is 8.10. The van der Waals surface area contributed by atoms with E-state index in [4.69, 9.17) is 4.74 Å². The third-order valence-corrected chi connectivity index (χ3v) is 4.06. The van der Waals surface area contributed by atoms with Crippen LogP contribution in [0.4, 0.5) is 0 Å². The summed E-state index contributed by atoms with van der Waals surface area (Å²) in [6.45, 7) is 5.73. The smallest absolute Gasteiger partial charge is 0.335 e. The molecule has 1 aliphatic rings. The maximum Gasteiger partial charge on any atom is 0.335 e. The Balaban J connectivity index is 2.42. The molecule has 0 bridgehead atoms. The number of carboxylic acid groups (broad SMARTS) is 1. The lowest BCUT2D eigenvalue weighted by molar-refractivity contribution is -0.144. The monoisotopic (exact) mass is 296 g/mol. The van der Waals surface area contributed by atoms with Crippen molar-refractivity contribution in [1.82, 2.24) is 0 Å². The molecule has 0 aromatic rings. The minimum absolute atomic E-state index is 0.343. The van der Waals surface area contributed by atoms with Gasteiger partial charge in [-0.25, -0.2) is 4.79 Å². The van der Waals surface area contributed by atoms with E-state index in [2.05, 4.69) is 6.92 Å². The number of hydrogen-bond donors (Lipinski definition) is 1. The van der Waals surface area contributed by atoms with Crippen LogP contribution in [-0.4, -0.2) is 23.1 Å². The molecule has 1 heterocycles. The van der Waals surface area contributed by atoms with Gasteiger partial charge in [-0.3, -0.25) is 4.79 Å². The van der Waals surface area contributed by atoms with Gasteiger partial charge in [0.25, 0.3) is 0 Å². The fourth-order valence-corrected chi connectivity index (χ4v) is 2.91. The van der Waals surface area contributed by atoms with E-state index in [0.717, 1.165) is 18.4 Å². The SMILES string of the molecule is CCCCCCCCC[C@H]1OC(=O)C(=C(C)C)[C@@H]1C(=O)O. The summed E-state index contributed by atoms with van der Waals surface area (Å²) in [6.07, 6.45) is 8.36. The van der Waals surface area contributed by atoms with E-state index in [1.54, 1.807) is 13.8 Å². The van der Waals surface area contributed by atoms with Gasteiger partial charge in [0.1, 0.15) is 12.0 Å². The Morgan fingerprint density at radius 2 is 1.67 bits per heavy atom. The zero-order chi connectivity index (χ0) is 15.8. The number of carboxylic acids is 1. The van der Waals surface area contributed by atoms with Crippen LogP contribution < -0.4 is 0 Å². The van der Waals surface area contributed by atoms with Gasteiger partial charge in [0.05, 0.1) is 5.57 Å². The summed E-state index contributed by atoms with van der Waals surface area (Å²) in [5, 5.41) is 9.35. The van der Waals surface area contributed by atoms with Crippen molar-refractivity contribution in [2.45, 2.75) is 78.2 Å². The molecule has 1 aliphatic heterocycles. The first-order chi connectivity index (χ1) is 9.99. The number of rotatable bonds is 9. The summed E-state index contributed by atoms with van der Waals surface area (Å²) in [4.78, 5) is 23.2. The van der Waals surface area contributed by atoms with Crippen LogP contribution in [0.5, 0.6) is 0 Å². The number of hydrogen-bond acceptors (Lipinski definition) is 3. The molecule has 0 aliphatic carbocycles. The van der Waals surface area contributed by atoms with Crippen LogP contribution in [-0.2, 0) is 14.3 Å². The van der Waals surface area contributed by atoms with Gasteiger partial charge in [-0.05, 0) is 26.7 Å².